The molecule has 1 aliphatic carbocycles. The first-order chi connectivity index (χ1) is 10.6. The summed E-state index contributed by atoms with van der Waals surface area (Å²) in [6.07, 6.45) is 8.46. The number of nitrogens with zero attached hydrogens (tertiary/aromatic N) is 1. The first-order valence-corrected chi connectivity index (χ1v) is 8.54. The highest BCUT2D eigenvalue weighted by Crippen LogP contribution is 2.38. The summed E-state index contributed by atoms with van der Waals surface area (Å²) in [4.78, 5) is 14.7. The van der Waals surface area contributed by atoms with Crippen LogP contribution in [0.3, 0.4) is 0 Å². The number of benzene rings is 1. The third-order valence-corrected chi connectivity index (χ3v) is 4.68. The van der Waals surface area contributed by atoms with E-state index in [1.54, 1.807) is 7.11 Å². The quantitative estimate of drug-likeness (QED) is 0.839. The summed E-state index contributed by atoms with van der Waals surface area (Å²) in [6, 6.07) is 7.98. The Morgan fingerprint density at radius 2 is 1.91 bits per heavy atom. The lowest BCUT2D eigenvalue weighted by Crippen LogP contribution is -2.43. The molecule has 1 amide bonds. The average molecular weight is 303 g/mol. The zero-order chi connectivity index (χ0) is 16.0. The van der Waals surface area contributed by atoms with Crippen molar-refractivity contribution in [3.8, 4) is 5.75 Å². The van der Waals surface area contributed by atoms with Gasteiger partial charge in [0.05, 0.1) is 12.5 Å². The molecule has 2 fully saturated rings. The van der Waals surface area contributed by atoms with E-state index in [2.05, 4.69) is 13.0 Å². The van der Waals surface area contributed by atoms with Gasteiger partial charge in [0.2, 0.25) is 5.91 Å². The van der Waals surface area contributed by atoms with E-state index in [0.717, 1.165) is 43.5 Å². The third-order valence-electron chi connectivity index (χ3n) is 4.68. The van der Waals surface area contributed by atoms with E-state index in [1.165, 1.54) is 19.3 Å². The molecule has 1 atom stereocenters. The highest BCUT2D eigenvalue weighted by molar-refractivity contribution is 5.88. The van der Waals surface area contributed by atoms with Crippen LogP contribution in [-0.4, -0.2) is 31.5 Å². The summed E-state index contributed by atoms with van der Waals surface area (Å²) >= 11 is 0. The van der Waals surface area contributed by atoms with Gasteiger partial charge in [-0.3, -0.25) is 4.79 Å². The number of methoxy groups -OCH3 is 1. The second-order valence-corrected chi connectivity index (χ2v) is 6.41. The number of carbonyl (C=O) groups excluding carboxylic acids is 1. The van der Waals surface area contributed by atoms with Crippen molar-refractivity contribution in [2.24, 2.45) is 0 Å². The summed E-state index contributed by atoms with van der Waals surface area (Å²) in [6.45, 7) is 2.97. The molecular formula is C19H29NO2. The van der Waals surface area contributed by atoms with Gasteiger partial charge >= 0.3 is 0 Å². The van der Waals surface area contributed by atoms with E-state index in [9.17, 15) is 4.79 Å². The highest BCUT2D eigenvalue weighted by Gasteiger charge is 2.41. The number of carbonyl (C=O) groups is 1. The largest absolute Gasteiger partial charge is 0.497 e. The molecule has 0 spiro atoms. The summed E-state index contributed by atoms with van der Waals surface area (Å²) in [5, 5.41) is 0. The highest BCUT2D eigenvalue weighted by atomic mass is 16.5. The Morgan fingerprint density at radius 1 is 1.18 bits per heavy atom. The number of hydrogen-bond acceptors (Lipinski definition) is 2. The van der Waals surface area contributed by atoms with Crippen LogP contribution < -0.4 is 4.74 Å². The van der Waals surface area contributed by atoms with Gasteiger partial charge in [-0.05, 0) is 37.0 Å². The Bertz CT molecular complexity index is 495. The molecule has 1 unspecified atom stereocenters. The Hall–Kier alpha value is -1.51. The SMILES string of the molecule is C1CC1.CCC1(c2cccc(OC)c2)CCCCN(C)C1=O. The molecule has 1 aromatic carbocycles. The van der Waals surface area contributed by atoms with Crippen molar-refractivity contribution in [1.82, 2.24) is 4.90 Å². The predicted octanol–water partition coefficient (Wildman–Crippen LogP) is 4.16. The first-order valence-electron chi connectivity index (χ1n) is 8.54. The second-order valence-electron chi connectivity index (χ2n) is 6.41. The fraction of sp³-hybridized carbons (Fsp3) is 0.632. The van der Waals surface area contributed by atoms with Gasteiger partial charge in [0.15, 0.2) is 0 Å². The first kappa shape index (κ1) is 16.9. The van der Waals surface area contributed by atoms with E-state index < -0.39 is 0 Å². The molecule has 0 radical (unpaired) electrons. The van der Waals surface area contributed by atoms with Gasteiger partial charge in [-0.25, -0.2) is 0 Å². The van der Waals surface area contributed by atoms with Crippen LogP contribution >= 0.6 is 0 Å². The molecule has 22 heavy (non-hydrogen) atoms. The third kappa shape index (κ3) is 3.82. The number of ether oxygens (including phenoxy) is 1. The molecule has 1 aliphatic heterocycles. The van der Waals surface area contributed by atoms with Crippen molar-refractivity contribution in [3.05, 3.63) is 29.8 Å². The molecule has 0 N–H and O–H groups in total. The molecule has 3 heteroatoms. The van der Waals surface area contributed by atoms with Crippen LogP contribution in [-0.2, 0) is 10.2 Å². The van der Waals surface area contributed by atoms with E-state index in [1.807, 2.05) is 30.1 Å². The summed E-state index contributed by atoms with van der Waals surface area (Å²) < 4.78 is 5.30. The molecule has 0 bridgehead atoms. The smallest absolute Gasteiger partial charge is 0.232 e. The molecule has 122 valence electrons. The number of rotatable bonds is 3. The van der Waals surface area contributed by atoms with Crippen LogP contribution in [0.25, 0.3) is 0 Å². The summed E-state index contributed by atoms with van der Waals surface area (Å²) in [7, 11) is 3.58. The fourth-order valence-corrected chi connectivity index (χ4v) is 3.07. The van der Waals surface area contributed by atoms with Crippen LogP contribution in [0.15, 0.2) is 24.3 Å². The molecule has 3 rings (SSSR count). The lowest BCUT2D eigenvalue weighted by molar-refractivity contribution is -0.135. The van der Waals surface area contributed by atoms with E-state index in [-0.39, 0.29) is 11.3 Å². The van der Waals surface area contributed by atoms with Crippen LogP contribution in [0.4, 0.5) is 0 Å². The lowest BCUT2D eigenvalue weighted by atomic mass is 9.73. The van der Waals surface area contributed by atoms with Gasteiger partial charge in [0.25, 0.3) is 0 Å². The standard InChI is InChI=1S/C16H23NO2.C3H6/c1-4-16(10-5-6-11-17(2)15(16)18)13-8-7-9-14(12-13)19-3;1-2-3-1/h7-9,12H,4-6,10-11H2,1-3H3;1-3H2. The Kier molecular flexibility index (Phi) is 5.87. The van der Waals surface area contributed by atoms with Gasteiger partial charge in [0.1, 0.15) is 5.75 Å². The normalized spacial score (nSPS) is 24.1. The van der Waals surface area contributed by atoms with Crippen molar-refractivity contribution in [3.63, 3.8) is 0 Å². The van der Waals surface area contributed by atoms with Gasteiger partial charge < -0.3 is 9.64 Å². The zero-order valence-corrected chi connectivity index (χ0v) is 14.2. The lowest BCUT2D eigenvalue weighted by Gasteiger charge is -2.33. The molecule has 1 aromatic rings. The summed E-state index contributed by atoms with van der Waals surface area (Å²) in [5.74, 6) is 1.07. The molecule has 0 aromatic heterocycles. The Balaban J connectivity index is 0.000000523. The fourth-order valence-electron chi connectivity index (χ4n) is 3.07. The van der Waals surface area contributed by atoms with E-state index in [0.29, 0.717) is 0 Å². The zero-order valence-electron chi connectivity index (χ0n) is 14.2. The molecule has 1 heterocycles. The van der Waals surface area contributed by atoms with E-state index in [4.69, 9.17) is 4.74 Å². The number of likely N-dealkylation sites (N-methyl/N-ethyl adjacent to an activating group) is 1. The maximum atomic E-state index is 12.8. The molecule has 3 nitrogen and oxygen atoms in total. The predicted molar refractivity (Wildman–Crippen MR) is 90.3 cm³/mol. The monoisotopic (exact) mass is 303 g/mol. The minimum Gasteiger partial charge on any atom is -0.497 e. The Morgan fingerprint density at radius 3 is 2.50 bits per heavy atom. The number of amides is 1. The van der Waals surface area contributed by atoms with Crippen molar-refractivity contribution >= 4 is 5.91 Å². The van der Waals surface area contributed by atoms with Crippen molar-refractivity contribution < 1.29 is 9.53 Å². The number of likely N-dealkylation sites (tertiary alicyclic amines) is 1. The van der Waals surface area contributed by atoms with Gasteiger partial charge in [0, 0.05) is 13.6 Å². The van der Waals surface area contributed by atoms with Crippen molar-refractivity contribution in [1.29, 1.82) is 0 Å². The van der Waals surface area contributed by atoms with Crippen LogP contribution in [0.5, 0.6) is 5.75 Å². The second kappa shape index (κ2) is 7.66. The van der Waals surface area contributed by atoms with Gasteiger partial charge in [-0.15, -0.1) is 0 Å². The molecule has 2 aliphatic rings. The maximum absolute atomic E-state index is 12.8. The van der Waals surface area contributed by atoms with Crippen molar-refractivity contribution in [2.75, 3.05) is 20.7 Å². The summed E-state index contributed by atoms with van der Waals surface area (Å²) in [5.41, 5.74) is 0.716. The average Bonchev–Trinajstić information content (AvgIpc) is 3.43. The molecule has 1 saturated heterocycles. The maximum Gasteiger partial charge on any atom is 0.232 e. The number of hydrogen-bond donors (Lipinski definition) is 0. The van der Waals surface area contributed by atoms with Gasteiger partial charge in [-0.2, -0.15) is 0 Å². The van der Waals surface area contributed by atoms with Crippen LogP contribution in [0.1, 0.15) is 57.4 Å². The topological polar surface area (TPSA) is 29.5 Å². The molecule has 1 saturated carbocycles. The van der Waals surface area contributed by atoms with E-state index >= 15 is 0 Å². The Labute approximate surface area is 134 Å². The van der Waals surface area contributed by atoms with Gasteiger partial charge in [-0.1, -0.05) is 44.7 Å². The van der Waals surface area contributed by atoms with Crippen LogP contribution in [0.2, 0.25) is 0 Å². The van der Waals surface area contributed by atoms with Crippen LogP contribution in [0, 0.1) is 0 Å². The minimum atomic E-state index is -0.375. The minimum absolute atomic E-state index is 0.251. The van der Waals surface area contributed by atoms with Crippen molar-refractivity contribution in [2.45, 2.75) is 57.3 Å². The molecular weight excluding hydrogens is 274 g/mol.